The van der Waals surface area contributed by atoms with Gasteiger partial charge in [-0.05, 0) is 36.6 Å². The summed E-state index contributed by atoms with van der Waals surface area (Å²) in [7, 11) is 0. The number of aliphatic hydroxyl groups excluding tert-OH is 1. The lowest BCUT2D eigenvalue weighted by atomic mass is 9.90. The predicted octanol–water partition coefficient (Wildman–Crippen LogP) is 3.80. The Balaban J connectivity index is 2.25. The number of carbonyl (C=O) groups excluding carboxylic acids is 1. The molecule has 3 nitrogen and oxygen atoms in total. The van der Waals surface area contributed by atoms with E-state index < -0.39 is 18.0 Å². The van der Waals surface area contributed by atoms with E-state index in [4.69, 9.17) is 16.3 Å². The van der Waals surface area contributed by atoms with Crippen LogP contribution < -0.4 is 0 Å². The van der Waals surface area contributed by atoms with Crippen molar-refractivity contribution < 1.29 is 14.6 Å². The SMILES string of the molecule is CCOC(=O)[C@@H](Cc1ccccc1)[C@@H](O)c1cccc(Cl)c1. The normalized spacial score (nSPS) is 13.4. The zero-order chi connectivity index (χ0) is 15.9. The number of carbonyl (C=O) groups is 1. The number of hydrogen-bond donors (Lipinski definition) is 1. The molecular formula is C18H19ClO3. The Morgan fingerprint density at radius 1 is 1.18 bits per heavy atom. The van der Waals surface area contributed by atoms with Gasteiger partial charge >= 0.3 is 5.97 Å². The highest BCUT2D eigenvalue weighted by Crippen LogP contribution is 2.28. The van der Waals surface area contributed by atoms with Gasteiger partial charge in [-0.25, -0.2) is 0 Å². The van der Waals surface area contributed by atoms with Crippen LogP contribution in [0.3, 0.4) is 0 Å². The van der Waals surface area contributed by atoms with Gasteiger partial charge in [0, 0.05) is 5.02 Å². The maximum absolute atomic E-state index is 12.2. The van der Waals surface area contributed by atoms with Crippen LogP contribution in [0.4, 0.5) is 0 Å². The molecule has 0 heterocycles. The van der Waals surface area contributed by atoms with Crippen LogP contribution in [-0.4, -0.2) is 17.7 Å². The topological polar surface area (TPSA) is 46.5 Å². The van der Waals surface area contributed by atoms with E-state index in [0.717, 1.165) is 5.56 Å². The third kappa shape index (κ3) is 4.33. The van der Waals surface area contributed by atoms with Crippen LogP contribution in [0.15, 0.2) is 54.6 Å². The van der Waals surface area contributed by atoms with Crippen molar-refractivity contribution in [3.63, 3.8) is 0 Å². The molecule has 0 amide bonds. The van der Waals surface area contributed by atoms with E-state index in [-0.39, 0.29) is 6.61 Å². The van der Waals surface area contributed by atoms with Gasteiger partial charge in [0.15, 0.2) is 0 Å². The third-order valence-electron chi connectivity index (χ3n) is 3.46. The van der Waals surface area contributed by atoms with Crippen LogP contribution >= 0.6 is 11.6 Å². The number of esters is 1. The van der Waals surface area contributed by atoms with E-state index in [9.17, 15) is 9.90 Å². The van der Waals surface area contributed by atoms with Gasteiger partial charge in [-0.1, -0.05) is 54.1 Å². The Bertz CT molecular complexity index is 613. The summed E-state index contributed by atoms with van der Waals surface area (Å²) in [6.45, 7) is 2.04. The fraction of sp³-hybridized carbons (Fsp3) is 0.278. The van der Waals surface area contributed by atoms with E-state index >= 15 is 0 Å². The molecule has 2 rings (SSSR count). The van der Waals surface area contributed by atoms with Gasteiger partial charge in [-0.15, -0.1) is 0 Å². The second kappa shape index (κ2) is 7.97. The highest BCUT2D eigenvalue weighted by molar-refractivity contribution is 6.30. The summed E-state index contributed by atoms with van der Waals surface area (Å²) in [5.41, 5.74) is 1.59. The van der Waals surface area contributed by atoms with Crippen LogP contribution in [0.2, 0.25) is 5.02 Å². The highest BCUT2D eigenvalue weighted by atomic mass is 35.5. The molecule has 116 valence electrons. The van der Waals surface area contributed by atoms with Crippen molar-refractivity contribution in [1.82, 2.24) is 0 Å². The van der Waals surface area contributed by atoms with Gasteiger partial charge in [0.05, 0.1) is 18.6 Å². The lowest BCUT2D eigenvalue weighted by Crippen LogP contribution is -2.26. The minimum absolute atomic E-state index is 0.284. The van der Waals surface area contributed by atoms with Crippen molar-refractivity contribution in [2.24, 2.45) is 5.92 Å². The van der Waals surface area contributed by atoms with Crippen molar-refractivity contribution >= 4 is 17.6 Å². The molecule has 0 saturated heterocycles. The second-order valence-corrected chi connectivity index (χ2v) is 5.48. The lowest BCUT2D eigenvalue weighted by Gasteiger charge is -2.22. The quantitative estimate of drug-likeness (QED) is 0.824. The number of benzene rings is 2. The molecule has 2 atom stereocenters. The first-order valence-corrected chi connectivity index (χ1v) is 7.63. The molecule has 0 spiro atoms. The summed E-state index contributed by atoms with van der Waals surface area (Å²) in [6, 6.07) is 16.5. The van der Waals surface area contributed by atoms with Crippen LogP contribution in [-0.2, 0) is 16.0 Å². The number of halogens is 1. The van der Waals surface area contributed by atoms with Gasteiger partial charge in [0.25, 0.3) is 0 Å². The Kier molecular flexibility index (Phi) is 5.99. The molecule has 22 heavy (non-hydrogen) atoms. The zero-order valence-electron chi connectivity index (χ0n) is 12.4. The van der Waals surface area contributed by atoms with Crippen LogP contribution in [0.1, 0.15) is 24.2 Å². The van der Waals surface area contributed by atoms with E-state index in [0.29, 0.717) is 17.0 Å². The fourth-order valence-electron chi connectivity index (χ4n) is 2.36. The van der Waals surface area contributed by atoms with Gasteiger partial charge in [-0.3, -0.25) is 4.79 Å². The van der Waals surface area contributed by atoms with Crippen molar-refractivity contribution in [2.75, 3.05) is 6.61 Å². The molecule has 0 aliphatic rings. The van der Waals surface area contributed by atoms with Crippen molar-refractivity contribution in [2.45, 2.75) is 19.4 Å². The van der Waals surface area contributed by atoms with E-state index in [2.05, 4.69) is 0 Å². The molecule has 1 N–H and O–H groups in total. The molecule has 0 fully saturated rings. The molecule has 0 radical (unpaired) electrons. The predicted molar refractivity (Wildman–Crippen MR) is 86.7 cm³/mol. The molecule has 0 saturated carbocycles. The Morgan fingerprint density at radius 3 is 2.55 bits per heavy atom. The molecule has 0 aliphatic heterocycles. The van der Waals surface area contributed by atoms with Gasteiger partial charge in [0.1, 0.15) is 0 Å². The molecule has 0 unspecified atom stereocenters. The lowest BCUT2D eigenvalue weighted by molar-refractivity contribution is -0.152. The van der Waals surface area contributed by atoms with Crippen LogP contribution in [0, 0.1) is 5.92 Å². The Labute approximate surface area is 135 Å². The molecule has 0 aliphatic carbocycles. The maximum Gasteiger partial charge on any atom is 0.312 e. The first kappa shape index (κ1) is 16.5. The molecule has 2 aromatic carbocycles. The smallest absolute Gasteiger partial charge is 0.312 e. The molecule has 4 heteroatoms. The summed E-state index contributed by atoms with van der Waals surface area (Å²) in [6.07, 6.45) is -0.550. The standard InChI is InChI=1S/C18H19ClO3/c1-2-22-18(21)16(11-13-7-4-3-5-8-13)17(20)14-9-6-10-15(19)12-14/h3-10,12,16-17,20H,2,11H2,1H3/t16-,17-/m0/s1. The van der Waals surface area contributed by atoms with Crippen LogP contribution in [0.5, 0.6) is 0 Å². The first-order chi connectivity index (χ1) is 10.6. The monoisotopic (exact) mass is 318 g/mol. The number of ether oxygens (including phenoxy) is 1. The largest absolute Gasteiger partial charge is 0.466 e. The number of rotatable bonds is 6. The molecule has 2 aromatic rings. The molecule has 0 aromatic heterocycles. The average molecular weight is 319 g/mol. The van der Waals surface area contributed by atoms with E-state index in [1.165, 1.54) is 0 Å². The molecular weight excluding hydrogens is 300 g/mol. The summed E-state index contributed by atoms with van der Waals surface area (Å²) >= 11 is 5.97. The van der Waals surface area contributed by atoms with Crippen molar-refractivity contribution in [3.05, 3.63) is 70.7 Å². The summed E-state index contributed by atoms with van der Waals surface area (Å²) in [4.78, 5) is 12.2. The minimum Gasteiger partial charge on any atom is -0.466 e. The van der Waals surface area contributed by atoms with Crippen molar-refractivity contribution in [3.8, 4) is 0 Å². The third-order valence-corrected chi connectivity index (χ3v) is 3.69. The van der Waals surface area contributed by atoms with Gasteiger partial charge in [-0.2, -0.15) is 0 Å². The number of aliphatic hydroxyl groups is 1. The van der Waals surface area contributed by atoms with Gasteiger partial charge in [0.2, 0.25) is 0 Å². The zero-order valence-corrected chi connectivity index (χ0v) is 13.2. The Morgan fingerprint density at radius 2 is 1.91 bits per heavy atom. The second-order valence-electron chi connectivity index (χ2n) is 5.05. The summed E-state index contributed by atoms with van der Waals surface area (Å²) < 4.78 is 5.12. The van der Waals surface area contributed by atoms with Crippen LogP contribution in [0.25, 0.3) is 0 Å². The summed E-state index contributed by atoms with van der Waals surface area (Å²) in [5, 5.41) is 11.1. The highest BCUT2D eigenvalue weighted by Gasteiger charge is 2.29. The fourth-order valence-corrected chi connectivity index (χ4v) is 2.56. The van der Waals surface area contributed by atoms with Crippen molar-refractivity contribution in [1.29, 1.82) is 0 Å². The van der Waals surface area contributed by atoms with E-state index in [1.807, 2.05) is 30.3 Å². The van der Waals surface area contributed by atoms with Gasteiger partial charge < -0.3 is 9.84 Å². The number of hydrogen-bond acceptors (Lipinski definition) is 3. The first-order valence-electron chi connectivity index (χ1n) is 7.26. The average Bonchev–Trinajstić information content (AvgIpc) is 2.53. The Hall–Kier alpha value is -1.84. The maximum atomic E-state index is 12.2. The molecule has 0 bridgehead atoms. The van der Waals surface area contributed by atoms with E-state index in [1.54, 1.807) is 31.2 Å². The summed E-state index contributed by atoms with van der Waals surface area (Å²) in [5.74, 6) is -1.07. The minimum atomic E-state index is -0.960.